The molecular weight excluding hydrogens is 330 g/mol. The topological polar surface area (TPSA) is 131 Å². The van der Waals surface area contributed by atoms with Crippen molar-refractivity contribution in [1.82, 2.24) is 0 Å². The summed E-state index contributed by atoms with van der Waals surface area (Å²) in [6, 6.07) is 10.1. The molecule has 0 atom stereocenters. The first-order valence-corrected chi connectivity index (χ1v) is 7.04. The van der Waals surface area contributed by atoms with Crippen molar-refractivity contribution in [2.24, 2.45) is 5.10 Å². The van der Waals surface area contributed by atoms with E-state index in [0.717, 1.165) is 17.1 Å². The molecule has 0 radical (unpaired) electrons. The van der Waals surface area contributed by atoms with Gasteiger partial charge in [0, 0.05) is 18.7 Å². The zero-order chi connectivity index (χ0) is 18.1. The number of para-hydroxylation sites is 1. The van der Waals surface area contributed by atoms with Crippen molar-refractivity contribution < 1.29 is 14.6 Å². The number of nitro benzene ring substituents is 2. The molecule has 126 valence electrons. The number of nitrogens with one attached hydrogen (secondary N) is 1. The van der Waals surface area contributed by atoms with Crippen LogP contribution in [-0.4, -0.2) is 28.5 Å². The van der Waals surface area contributed by atoms with Crippen LogP contribution in [0.2, 0.25) is 0 Å². The van der Waals surface area contributed by atoms with Gasteiger partial charge in [0.25, 0.3) is 11.6 Å². The van der Waals surface area contributed by atoms with E-state index in [-0.39, 0.29) is 11.4 Å². The van der Waals surface area contributed by atoms with Crippen LogP contribution in [0.1, 0.15) is 5.56 Å². The van der Waals surface area contributed by atoms with Crippen molar-refractivity contribution in [3.63, 3.8) is 0 Å². The second-order valence-electron chi connectivity index (χ2n) is 5.16. The number of nitro groups is 2. The Kier molecular flexibility index (Phi) is 3.85. The van der Waals surface area contributed by atoms with Gasteiger partial charge < -0.3 is 5.32 Å². The summed E-state index contributed by atoms with van der Waals surface area (Å²) >= 11 is 0. The quantitative estimate of drug-likeness (QED) is 0.670. The molecule has 2 aromatic carbocycles. The standard InChI is InChI=1S/C15H11N5O5/c1-18(12-7-6-9(19(22)23)8-13(12)20(24)25)17-14-10-4-2-3-5-11(10)16-15(14)21/h2-8H,1H3,(H,16,17,21). The number of rotatable bonds is 4. The van der Waals surface area contributed by atoms with Gasteiger partial charge in [-0.3, -0.25) is 30.0 Å². The lowest BCUT2D eigenvalue weighted by molar-refractivity contribution is -0.393. The number of fused-ring (bicyclic) bond motifs is 1. The van der Waals surface area contributed by atoms with E-state index in [1.807, 2.05) is 0 Å². The minimum Gasteiger partial charge on any atom is -0.320 e. The predicted molar refractivity (Wildman–Crippen MR) is 89.8 cm³/mol. The van der Waals surface area contributed by atoms with Crippen LogP contribution in [0.5, 0.6) is 0 Å². The minimum atomic E-state index is -0.734. The lowest BCUT2D eigenvalue weighted by atomic mass is 10.1. The Morgan fingerprint density at radius 3 is 2.48 bits per heavy atom. The van der Waals surface area contributed by atoms with Crippen molar-refractivity contribution in [3.8, 4) is 0 Å². The lowest BCUT2D eigenvalue weighted by Crippen LogP contribution is -2.20. The highest BCUT2D eigenvalue weighted by Crippen LogP contribution is 2.32. The molecule has 1 heterocycles. The second kappa shape index (κ2) is 6.00. The first-order chi connectivity index (χ1) is 11.9. The molecule has 1 aliphatic rings. The van der Waals surface area contributed by atoms with Gasteiger partial charge in [-0.1, -0.05) is 18.2 Å². The van der Waals surface area contributed by atoms with Gasteiger partial charge in [0.15, 0.2) is 5.71 Å². The summed E-state index contributed by atoms with van der Waals surface area (Å²) in [5, 5.41) is 30.0. The number of amides is 1. The number of carbonyl (C=O) groups excluding carboxylic acids is 1. The highest BCUT2D eigenvalue weighted by Gasteiger charge is 2.28. The Hall–Kier alpha value is -3.82. The van der Waals surface area contributed by atoms with Gasteiger partial charge in [-0.05, 0) is 12.1 Å². The van der Waals surface area contributed by atoms with Crippen LogP contribution in [0.15, 0.2) is 47.6 Å². The number of nitrogens with zero attached hydrogens (tertiary/aromatic N) is 4. The maximum atomic E-state index is 12.1. The summed E-state index contributed by atoms with van der Waals surface area (Å²) < 4.78 is 0. The smallest absolute Gasteiger partial charge is 0.301 e. The van der Waals surface area contributed by atoms with E-state index < -0.39 is 27.1 Å². The van der Waals surface area contributed by atoms with Crippen LogP contribution >= 0.6 is 0 Å². The molecular formula is C15H11N5O5. The molecule has 0 spiro atoms. The Balaban J connectivity index is 2.04. The molecule has 3 rings (SSSR count). The van der Waals surface area contributed by atoms with Gasteiger partial charge in [-0.25, -0.2) is 0 Å². The van der Waals surface area contributed by atoms with Crippen LogP contribution in [0, 0.1) is 20.2 Å². The van der Waals surface area contributed by atoms with Gasteiger partial charge in [0.1, 0.15) is 5.69 Å². The highest BCUT2D eigenvalue weighted by molar-refractivity contribution is 6.53. The SMILES string of the molecule is CN(/N=C1\C(=O)Nc2ccccc21)c1ccc([N+](=O)[O-])cc1[N+](=O)[O-]. The number of hydrogen-bond acceptors (Lipinski definition) is 7. The lowest BCUT2D eigenvalue weighted by Gasteiger charge is -2.13. The molecule has 10 nitrogen and oxygen atoms in total. The molecule has 0 aromatic heterocycles. The van der Waals surface area contributed by atoms with Crippen molar-refractivity contribution in [2.75, 3.05) is 17.4 Å². The third kappa shape index (κ3) is 2.87. The van der Waals surface area contributed by atoms with Crippen LogP contribution < -0.4 is 10.3 Å². The van der Waals surface area contributed by atoms with Gasteiger partial charge >= 0.3 is 5.69 Å². The fourth-order valence-corrected chi connectivity index (χ4v) is 2.45. The van der Waals surface area contributed by atoms with Crippen LogP contribution in [-0.2, 0) is 4.79 Å². The van der Waals surface area contributed by atoms with Crippen molar-refractivity contribution in [2.45, 2.75) is 0 Å². The molecule has 0 unspecified atom stereocenters. The summed E-state index contributed by atoms with van der Waals surface area (Å²) in [6.45, 7) is 0. The summed E-state index contributed by atoms with van der Waals surface area (Å²) in [7, 11) is 1.43. The Bertz CT molecular complexity index is 940. The van der Waals surface area contributed by atoms with Crippen molar-refractivity contribution >= 4 is 34.4 Å². The summed E-state index contributed by atoms with van der Waals surface area (Å²) in [5.41, 5.74) is 0.418. The fourth-order valence-electron chi connectivity index (χ4n) is 2.45. The molecule has 25 heavy (non-hydrogen) atoms. The number of anilines is 2. The van der Waals surface area contributed by atoms with Crippen LogP contribution in [0.4, 0.5) is 22.7 Å². The molecule has 0 fully saturated rings. The maximum Gasteiger partial charge on any atom is 0.301 e. The molecule has 1 amide bonds. The number of carbonyl (C=O) groups is 1. The third-order valence-electron chi connectivity index (χ3n) is 3.61. The first kappa shape index (κ1) is 16.1. The maximum absolute atomic E-state index is 12.1. The number of non-ortho nitro benzene ring substituents is 1. The zero-order valence-electron chi connectivity index (χ0n) is 12.9. The van der Waals surface area contributed by atoms with Crippen molar-refractivity contribution in [1.29, 1.82) is 0 Å². The molecule has 1 aliphatic heterocycles. The Morgan fingerprint density at radius 1 is 1.08 bits per heavy atom. The van der Waals surface area contributed by atoms with Gasteiger partial charge in [-0.15, -0.1) is 0 Å². The largest absolute Gasteiger partial charge is 0.320 e. The summed E-state index contributed by atoms with van der Waals surface area (Å²) in [4.78, 5) is 32.6. The first-order valence-electron chi connectivity index (χ1n) is 7.04. The average Bonchev–Trinajstić information content (AvgIpc) is 2.89. The number of benzene rings is 2. The van der Waals surface area contributed by atoms with E-state index in [9.17, 15) is 25.0 Å². The van der Waals surface area contributed by atoms with E-state index in [0.29, 0.717) is 11.3 Å². The number of hydrazone groups is 1. The monoisotopic (exact) mass is 341 g/mol. The number of hydrogen-bond donors (Lipinski definition) is 1. The van der Waals surface area contributed by atoms with E-state index in [2.05, 4.69) is 10.4 Å². The van der Waals surface area contributed by atoms with E-state index >= 15 is 0 Å². The van der Waals surface area contributed by atoms with Crippen LogP contribution in [0.3, 0.4) is 0 Å². The van der Waals surface area contributed by atoms with E-state index in [1.54, 1.807) is 24.3 Å². The predicted octanol–water partition coefficient (Wildman–Crippen LogP) is 2.30. The van der Waals surface area contributed by atoms with E-state index in [4.69, 9.17) is 0 Å². The average molecular weight is 341 g/mol. The second-order valence-corrected chi connectivity index (χ2v) is 5.16. The molecule has 0 aliphatic carbocycles. The van der Waals surface area contributed by atoms with Gasteiger partial charge in [0.05, 0.1) is 21.6 Å². The molecule has 0 saturated heterocycles. The highest BCUT2D eigenvalue weighted by atomic mass is 16.6. The van der Waals surface area contributed by atoms with Crippen molar-refractivity contribution in [3.05, 3.63) is 68.3 Å². The Morgan fingerprint density at radius 2 is 1.80 bits per heavy atom. The minimum absolute atomic E-state index is 0.0280. The fraction of sp³-hybridized carbons (Fsp3) is 0.0667. The van der Waals surface area contributed by atoms with Gasteiger partial charge in [-0.2, -0.15) is 5.10 Å². The third-order valence-corrected chi connectivity index (χ3v) is 3.61. The summed E-state index contributed by atoms with van der Waals surface area (Å²) in [5.74, 6) is -0.433. The van der Waals surface area contributed by atoms with Gasteiger partial charge in [0.2, 0.25) is 0 Å². The molecule has 2 aromatic rings. The molecule has 1 N–H and O–H groups in total. The molecule has 0 bridgehead atoms. The van der Waals surface area contributed by atoms with Crippen LogP contribution in [0.25, 0.3) is 0 Å². The Labute approximate surface area is 140 Å². The summed E-state index contributed by atoms with van der Waals surface area (Å²) in [6.07, 6.45) is 0. The normalized spacial score (nSPS) is 14.1. The van der Waals surface area contributed by atoms with E-state index in [1.165, 1.54) is 13.1 Å². The zero-order valence-corrected chi connectivity index (χ0v) is 12.9. The molecule has 10 heteroatoms. The molecule has 0 saturated carbocycles.